The quantitative estimate of drug-likeness (QED) is 0.808. The highest BCUT2D eigenvalue weighted by molar-refractivity contribution is 5.93. The summed E-state index contributed by atoms with van der Waals surface area (Å²) >= 11 is 0. The van der Waals surface area contributed by atoms with Gasteiger partial charge in [0.15, 0.2) is 0 Å². The normalized spacial score (nSPS) is 16.3. The maximum absolute atomic E-state index is 11.8. The molecule has 4 heteroatoms. The first-order chi connectivity index (χ1) is 8.69. The van der Waals surface area contributed by atoms with E-state index in [0.29, 0.717) is 19.1 Å². The maximum Gasteiger partial charge on any atom is 0.253 e. The zero-order chi connectivity index (χ0) is 13.0. The number of hydrogen-bond donors (Lipinski definition) is 2. The molecule has 1 aromatic rings. The van der Waals surface area contributed by atoms with Crippen molar-refractivity contribution in [3.05, 3.63) is 29.8 Å². The number of nitrogens with two attached hydrogens (primary N) is 1. The van der Waals surface area contributed by atoms with Gasteiger partial charge in [0.05, 0.1) is 6.61 Å². The first-order valence-electron chi connectivity index (χ1n) is 6.40. The molecule has 0 radical (unpaired) electrons. The zero-order valence-corrected chi connectivity index (χ0v) is 10.7. The Morgan fingerprint density at radius 2 is 2.11 bits per heavy atom. The highest BCUT2D eigenvalue weighted by Gasteiger charge is 2.24. The molecule has 4 nitrogen and oxygen atoms in total. The van der Waals surface area contributed by atoms with Gasteiger partial charge in [0.25, 0.3) is 5.91 Å². The second-order valence-corrected chi connectivity index (χ2v) is 4.81. The lowest BCUT2D eigenvalue weighted by atomic mass is 10.2. The molecular weight excluding hydrogens is 228 g/mol. The van der Waals surface area contributed by atoms with Crippen molar-refractivity contribution in [3.63, 3.8) is 0 Å². The molecule has 0 aromatic heterocycles. The smallest absolute Gasteiger partial charge is 0.253 e. The van der Waals surface area contributed by atoms with E-state index in [1.165, 1.54) is 12.8 Å². The van der Waals surface area contributed by atoms with Gasteiger partial charge >= 0.3 is 0 Å². The van der Waals surface area contributed by atoms with Gasteiger partial charge in [-0.15, -0.1) is 0 Å². The fourth-order valence-electron chi connectivity index (χ4n) is 1.61. The minimum absolute atomic E-state index is 0.101. The molecule has 1 amide bonds. The van der Waals surface area contributed by atoms with Gasteiger partial charge < -0.3 is 15.8 Å². The third kappa shape index (κ3) is 3.82. The fourth-order valence-corrected chi connectivity index (χ4v) is 1.61. The third-order valence-corrected chi connectivity index (χ3v) is 3.11. The Labute approximate surface area is 108 Å². The molecular formula is C14H20N2O2. The van der Waals surface area contributed by atoms with Crippen molar-refractivity contribution in [2.45, 2.75) is 32.4 Å². The van der Waals surface area contributed by atoms with E-state index in [2.05, 4.69) is 5.32 Å². The van der Waals surface area contributed by atoms with E-state index < -0.39 is 6.10 Å². The van der Waals surface area contributed by atoms with Gasteiger partial charge in [0.2, 0.25) is 0 Å². The van der Waals surface area contributed by atoms with Crippen LogP contribution in [0.5, 0.6) is 0 Å². The summed E-state index contributed by atoms with van der Waals surface area (Å²) in [6.45, 7) is 2.99. The lowest BCUT2D eigenvalue weighted by Gasteiger charge is -2.13. The standard InChI is InChI=1S/C14H20N2O2/c1-10(18-9-12-2-3-12)14(17)16-13-6-4-11(8-15)5-7-13/h4-7,10,12H,2-3,8-9,15H2,1H3,(H,16,17). The summed E-state index contributed by atoms with van der Waals surface area (Å²) < 4.78 is 5.51. The number of carbonyl (C=O) groups is 1. The molecule has 1 aliphatic carbocycles. The summed E-state index contributed by atoms with van der Waals surface area (Å²) in [5.74, 6) is 0.570. The number of rotatable bonds is 6. The number of benzene rings is 1. The SMILES string of the molecule is CC(OCC1CC1)C(=O)Nc1ccc(CN)cc1. The Kier molecular flexibility index (Phi) is 4.33. The summed E-state index contributed by atoms with van der Waals surface area (Å²) in [4.78, 5) is 11.8. The van der Waals surface area contributed by atoms with Crippen molar-refractivity contribution in [1.82, 2.24) is 0 Å². The van der Waals surface area contributed by atoms with Crippen LogP contribution < -0.4 is 11.1 Å². The minimum Gasteiger partial charge on any atom is -0.368 e. The number of anilines is 1. The molecule has 1 aliphatic rings. The van der Waals surface area contributed by atoms with Crippen molar-refractivity contribution in [1.29, 1.82) is 0 Å². The van der Waals surface area contributed by atoms with Crippen LogP contribution in [0.4, 0.5) is 5.69 Å². The van der Waals surface area contributed by atoms with Crippen LogP contribution in [0.3, 0.4) is 0 Å². The summed E-state index contributed by atoms with van der Waals surface area (Å²) in [7, 11) is 0. The Morgan fingerprint density at radius 1 is 1.44 bits per heavy atom. The van der Waals surface area contributed by atoms with Crippen LogP contribution in [0.2, 0.25) is 0 Å². The zero-order valence-electron chi connectivity index (χ0n) is 10.7. The van der Waals surface area contributed by atoms with Crippen LogP contribution in [0.1, 0.15) is 25.3 Å². The summed E-state index contributed by atoms with van der Waals surface area (Å²) in [6, 6.07) is 7.53. The lowest BCUT2D eigenvalue weighted by molar-refractivity contribution is -0.126. The molecule has 1 saturated carbocycles. The lowest BCUT2D eigenvalue weighted by Crippen LogP contribution is -2.28. The average Bonchev–Trinajstić information content (AvgIpc) is 3.21. The van der Waals surface area contributed by atoms with Crippen LogP contribution in [0.15, 0.2) is 24.3 Å². The predicted molar refractivity (Wildman–Crippen MR) is 71.1 cm³/mol. The van der Waals surface area contributed by atoms with Crippen LogP contribution >= 0.6 is 0 Å². The Balaban J connectivity index is 1.80. The molecule has 0 bridgehead atoms. The predicted octanol–water partition coefficient (Wildman–Crippen LogP) is 1.90. The number of ether oxygens (including phenoxy) is 1. The molecule has 1 fully saturated rings. The third-order valence-electron chi connectivity index (χ3n) is 3.11. The van der Waals surface area contributed by atoms with Gasteiger partial charge in [-0.05, 0) is 43.4 Å². The van der Waals surface area contributed by atoms with Crippen molar-refractivity contribution < 1.29 is 9.53 Å². The number of nitrogens with one attached hydrogen (secondary N) is 1. The maximum atomic E-state index is 11.8. The summed E-state index contributed by atoms with van der Waals surface area (Å²) in [5, 5.41) is 2.83. The van der Waals surface area contributed by atoms with E-state index in [9.17, 15) is 4.79 Å². The van der Waals surface area contributed by atoms with Gasteiger partial charge in [0, 0.05) is 12.2 Å². The number of amides is 1. The van der Waals surface area contributed by atoms with E-state index >= 15 is 0 Å². The van der Waals surface area contributed by atoms with E-state index in [4.69, 9.17) is 10.5 Å². The van der Waals surface area contributed by atoms with E-state index in [0.717, 1.165) is 11.3 Å². The van der Waals surface area contributed by atoms with Gasteiger partial charge in [0.1, 0.15) is 6.10 Å². The van der Waals surface area contributed by atoms with Gasteiger partial charge in [-0.25, -0.2) is 0 Å². The molecule has 3 N–H and O–H groups in total. The summed E-state index contributed by atoms with van der Waals surface area (Å²) in [5.41, 5.74) is 7.34. The molecule has 0 heterocycles. The largest absolute Gasteiger partial charge is 0.368 e. The summed E-state index contributed by atoms with van der Waals surface area (Å²) in [6.07, 6.45) is 2.06. The van der Waals surface area contributed by atoms with Gasteiger partial charge in [-0.1, -0.05) is 12.1 Å². The van der Waals surface area contributed by atoms with Crippen molar-refractivity contribution in [2.75, 3.05) is 11.9 Å². The molecule has 1 aromatic carbocycles. The molecule has 1 unspecified atom stereocenters. The van der Waals surface area contributed by atoms with Gasteiger partial charge in [-0.3, -0.25) is 4.79 Å². The topological polar surface area (TPSA) is 64.3 Å². The highest BCUT2D eigenvalue weighted by Crippen LogP contribution is 2.29. The fraction of sp³-hybridized carbons (Fsp3) is 0.500. The molecule has 0 aliphatic heterocycles. The molecule has 18 heavy (non-hydrogen) atoms. The first-order valence-corrected chi connectivity index (χ1v) is 6.40. The van der Waals surface area contributed by atoms with Crippen molar-refractivity contribution >= 4 is 11.6 Å². The molecule has 0 spiro atoms. The van der Waals surface area contributed by atoms with Crippen molar-refractivity contribution in [2.24, 2.45) is 11.7 Å². The van der Waals surface area contributed by atoms with Gasteiger partial charge in [-0.2, -0.15) is 0 Å². The Morgan fingerprint density at radius 3 is 2.67 bits per heavy atom. The Hall–Kier alpha value is -1.39. The van der Waals surface area contributed by atoms with E-state index in [1.807, 2.05) is 24.3 Å². The molecule has 0 saturated heterocycles. The average molecular weight is 248 g/mol. The Bertz CT molecular complexity index is 399. The van der Waals surface area contributed by atoms with Crippen LogP contribution in [-0.4, -0.2) is 18.6 Å². The minimum atomic E-state index is -0.403. The van der Waals surface area contributed by atoms with E-state index in [-0.39, 0.29) is 5.91 Å². The molecule has 2 rings (SSSR count). The second kappa shape index (κ2) is 5.98. The van der Waals surface area contributed by atoms with Crippen LogP contribution in [0.25, 0.3) is 0 Å². The first kappa shape index (κ1) is 13.1. The highest BCUT2D eigenvalue weighted by atomic mass is 16.5. The monoisotopic (exact) mass is 248 g/mol. The van der Waals surface area contributed by atoms with E-state index in [1.54, 1.807) is 6.92 Å². The van der Waals surface area contributed by atoms with Crippen molar-refractivity contribution in [3.8, 4) is 0 Å². The van der Waals surface area contributed by atoms with Crippen LogP contribution in [0, 0.1) is 5.92 Å². The number of hydrogen-bond acceptors (Lipinski definition) is 3. The number of carbonyl (C=O) groups excluding carboxylic acids is 1. The second-order valence-electron chi connectivity index (χ2n) is 4.81. The van der Waals surface area contributed by atoms with Crippen LogP contribution in [-0.2, 0) is 16.1 Å². The molecule has 98 valence electrons. The molecule has 1 atom stereocenters.